The Labute approximate surface area is 246 Å². The zero-order valence-corrected chi connectivity index (χ0v) is 24.4. The Balaban J connectivity index is 1.51. The number of amides is 3. The second-order valence-electron chi connectivity index (χ2n) is 11.0. The van der Waals surface area contributed by atoms with E-state index in [9.17, 15) is 14.4 Å². The van der Waals surface area contributed by atoms with Gasteiger partial charge in [0.25, 0.3) is 11.8 Å². The first-order valence-corrected chi connectivity index (χ1v) is 14.1. The summed E-state index contributed by atoms with van der Waals surface area (Å²) < 4.78 is 12.8. The number of benzene rings is 2. The third-order valence-corrected chi connectivity index (χ3v) is 7.12. The minimum Gasteiger partial charge on any atom is -0.383 e. The molecule has 0 radical (unpaired) electrons. The van der Waals surface area contributed by atoms with Crippen molar-refractivity contribution in [2.75, 3.05) is 32.2 Å². The first kappa shape index (κ1) is 30.9. The summed E-state index contributed by atoms with van der Waals surface area (Å²) in [5.74, 6) is -0.853. The molecule has 3 atom stereocenters. The maximum Gasteiger partial charge on any atom is 0.250 e. The van der Waals surface area contributed by atoms with Crippen LogP contribution < -0.4 is 16.4 Å². The molecular weight excluding hydrogens is 536 g/mol. The van der Waals surface area contributed by atoms with Crippen molar-refractivity contribution in [1.29, 1.82) is 0 Å². The fourth-order valence-electron chi connectivity index (χ4n) is 4.88. The average molecular weight is 577 g/mol. The summed E-state index contributed by atoms with van der Waals surface area (Å²) in [5.41, 5.74) is 6.49. The number of rotatable bonds is 13. The van der Waals surface area contributed by atoms with Crippen molar-refractivity contribution in [3.8, 4) is 0 Å². The summed E-state index contributed by atoms with van der Waals surface area (Å²) in [6.07, 6.45) is 4.93. The number of hydrogen-bond acceptors (Lipinski definition) is 7. The number of nitrogens with two attached hydrogens (primary N) is 1. The van der Waals surface area contributed by atoms with Crippen molar-refractivity contribution in [1.82, 2.24) is 19.8 Å². The number of methoxy groups -OCH3 is 1. The molecule has 11 heteroatoms. The first-order chi connectivity index (χ1) is 20.2. The van der Waals surface area contributed by atoms with Gasteiger partial charge in [-0.05, 0) is 37.8 Å². The van der Waals surface area contributed by atoms with E-state index in [1.165, 1.54) is 6.33 Å². The minimum absolute atomic E-state index is 0.00320. The van der Waals surface area contributed by atoms with E-state index in [1.54, 1.807) is 31.7 Å². The molecule has 0 saturated carbocycles. The van der Waals surface area contributed by atoms with Crippen LogP contribution in [0.3, 0.4) is 0 Å². The number of aromatic nitrogens is 2. The maximum atomic E-state index is 13.9. The predicted octanol–water partition coefficient (Wildman–Crippen LogP) is 2.49. The van der Waals surface area contributed by atoms with Gasteiger partial charge in [-0.15, -0.1) is 0 Å². The van der Waals surface area contributed by atoms with Gasteiger partial charge in [-0.1, -0.05) is 60.7 Å². The van der Waals surface area contributed by atoms with Crippen molar-refractivity contribution in [2.45, 2.75) is 57.0 Å². The summed E-state index contributed by atoms with van der Waals surface area (Å²) in [4.78, 5) is 46.1. The standard InChI is InChI=1S/C31H40N6O5/c1-31(2,32)30(40)34-25(20-42-18-22-11-6-4-7-12-22)28(38)35-26-17-36(21-33-26)27(23-13-8-5-9-14-23)29(39)37-16-10-15-24(37)19-41-3/h4-9,11-14,17,21,24-25,27H,10,15-16,18-20,32H2,1-3H3,(H,34,40)(H,35,38)/t24?,25-,27?/m1/s1. The van der Waals surface area contributed by atoms with Gasteiger partial charge in [-0.3, -0.25) is 14.4 Å². The van der Waals surface area contributed by atoms with Crippen LogP contribution in [0.15, 0.2) is 73.2 Å². The number of carbonyl (C=O) groups is 3. The molecule has 11 nitrogen and oxygen atoms in total. The number of nitrogens with one attached hydrogen (secondary N) is 2. The summed E-state index contributed by atoms with van der Waals surface area (Å²) in [6, 6.07) is 17.3. The van der Waals surface area contributed by atoms with E-state index < -0.39 is 29.4 Å². The van der Waals surface area contributed by atoms with Crippen molar-refractivity contribution >= 4 is 23.5 Å². The highest BCUT2D eigenvalue weighted by Crippen LogP contribution is 2.27. The van der Waals surface area contributed by atoms with Crippen molar-refractivity contribution in [2.24, 2.45) is 5.73 Å². The van der Waals surface area contributed by atoms with E-state index in [2.05, 4.69) is 15.6 Å². The minimum atomic E-state index is -1.20. The normalized spacial score (nSPS) is 16.6. The molecule has 1 aromatic heterocycles. The molecular formula is C31H40N6O5. The molecule has 4 rings (SSSR count). The highest BCUT2D eigenvalue weighted by molar-refractivity contribution is 5.98. The molecule has 224 valence electrons. The molecule has 1 aliphatic rings. The molecule has 3 aromatic rings. The second-order valence-corrected chi connectivity index (χ2v) is 11.0. The van der Waals surface area contributed by atoms with Crippen LogP contribution in [0, 0.1) is 0 Å². The molecule has 4 N–H and O–H groups in total. The maximum absolute atomic E-state index is 13.9. The number of nitrogens with zero attached hydrogens (tertiary/aromatic N) is 3. The monoisotopic (exact) mass is 576 g/mol. The molecule has 0 aliphatic carbocycles. The molecule has 3 amide bonds. The van der Waals surface area contributed by atoms with E-state index in [4.69, 9.17) is 15.2 Å². The van der Waals surface area contributed by atoms with Crippen LogP contribution in [0.25, 0.3) is 0 Å². The number of imidazole rings is 1. The topological polar surface area (TPSA) is 141 Å². The lowest BCUT2D eigenvalue weighted by Gasteiger charge is -2.29. The summed E-state index contributed by atoms with van der Waals surface area (Å²) in [6.45, 7) is 4.42. The van der Waals surface area contributed by atoms with Gasteiger partial charge in [0.15, 0.2) is 5.82 Å². The zero-order valence-electron chi connectivity index (χ0n) is 24.4. The van der Waals surface area contributed by atoms with Gasteiger partial charge >= 0.3 is 0 Å². The van der Waals surface area contributed by atoms with Gasteiger partial charge in [-0.2, -0.15) is 0 Å². The number of carbonyl (C=O) groups excluding carboxylic acids is 3. The Morgan fingerprint density at radius 2 is 1.79 bits per heavy atom. The van der Waals surface area contributed by atoms with Crippen molar-refractivity contribution in [3.63, 3.8) is 0 Å². The lowest BCUT2D eigenvalue weighted by molar-refractivity contribution is -0.135. The second kappa shape index (κ2) is 14.2. The van der Waals surface area contributed by atoms with Crippen LogP contribution in [0.2, 0.25) is 0 Å². The first-order valence-electron chi connectivity index (χ1n) is 14.1. The molecule has 0 spiro atoms. The SMILES string of the molecule is COCC1CCCN1C(=O)C(c1ccccc1)n1cnc(NC(=O)[C@@H](COCc2ccccc2)NC(=O)C(C)(C)N)c1. The van der Waals surface area contributed by atoms with Crippen LogP contribution >= 0.6 is 0 Å². The fraction of sp³-hybridized carbons (Fsp3) is 0.419. The molecule has 1 aliphatic heterocycles. The Morgan fingerprint density at radius 1 is 1.10 bits per heavy atom. The number of hydrogen-bond donors (Lipinski definition) is 3. The summed E-state index contributed by atoms with van der Waals surface area (Å²) in [7, 11) is 1.64. The van der Waals surface area contributed by atoms with Crippen molar-refractivity contribution < 1.29 is 23.9 Å². The van der Waals surface area contributed by atoms with Crippen LogP contribution in [0.4, 0.5) is 5.82 Å². The lowest BCUT2D eigenvalue weighted by Crippen LogP contribution is -2.56. The van der Waals surface area contributed by atoms with E-state index in [0.717, 1.165) is 24.0 Å². The predicted molar refractivity (Wildman–Crippen MR) is 158 cm³/mol. The van der Waals surface area contributed by atoms with Crippen molar-refractivity contribution in [3.05, 3.63) is 84.3 Å². The zero-order chi connectivity index (χ0) is 30.1. The van der Waals surface area contributed by atoms with E-state index in [1.807, 2.05) is 65.6 Å². The summed E-state index contributed by atoms with van der Waals surface area (Å²) in [5, 5.41) is 5.44. The fourth-order valence-corrected chi connectivity index (χ4v) is 4.88. The van der Waals surface area contributed by atoms with Crippen LogP contribution in [0.5, 0.6) is 0 Å². The molecule has 2 unspecified atom stereocenters. The third kappa shape index (κ3) is 8.03. The average Bonchev–Trinajstić information content (AvgIpc) is 3.63. The van der Waals surface area contributed by atoms with Crippen LogP contribution in [0.1, 0.15) is 43.9 Å². The van der Waals surface area contributed by atoms with Gasteiger partial charge < -0.3 is 35.3 Å². The molecule has 2 aromatic carbocycles. The Hall–Kier alpha value is -4.06. The van der Waals surface area contributed by atoms with Crippen LogP contribution in [-0.2, 0) is 30.5 Å². The summed E-state index contributed by atoms with van der Waals surface area (Å²) >= 11 is 0. The Bertz CT molecular complexity index is 1320. The third-order valence-electron chi connectivity index (χ3n) is 7.12. The smallest absolute Gasteiger partial charge is 0.250 e. The lowest BCUT2D eigenvalue weighted by atomic mass is 10.0. The van der Waals surface area contributed by atoms with Gasteiger partial charge in [0.2, 0.25) is 5.91 Å². The molecule has 1 fully saturated rings. The van der Waals surface area contributed by atoms with E-state index in [-0.39, 0.29) is 31.0 Å². The number of likely N-dealkylation sites (tertiary alicyclic amines) is 1. The highest BCUT2D eigenvalue weighted by Gasteiger charge is 2.35. The molecule has 0 bridgehead atoms. The highest BCUT2D eigenvalue weighted by atomic mass is 16.5. The Kier molecular flexibility index (Phi) is 10.5. The number of ether oxygens (including phenoxy) is 2. The number of anilines is 1. The quantitative estimate of drug-likeness (QED) is 0.284. The van der Waals surface area contributed by atoms with Gasteiger partial charge in [0.05, 0.1) is 37.7 Å². The Morgan fingerprint density at radius 3 is 2.45 bits per heavy atom. The van der Waals surface area contributed by atoms with Gasteiger partial charge in [0.1, 0.15) is 12.1 Å². The molecule has 2 heterocycles. The van der Waals surface area contributed by atoms with Crippen LogP contribution in [-0.4, -0.2) is 76.7 Å². The molecule has 42 heavy (non-hydrogen) atoms. The van der Waals surface area contributed by atoms with Gasteiger partial charge in [0, 0.05) is 19.9 Å². The largest absolute Gasteiger partial charge is 0.383 e. The van der Waals surface area contributed by atoms with Gasteiger partial charge in [-0.25, -0.2) is 4.98 Å². The van der Waals surface area contributed by atoms with E-state index in [0.29, 0.717) is 13.2 Å². The molecule has 1 saturated heterocycles. The van der Waals surface area contributed by atoms with E-state index >= 15 is 0 Å².